The third-order valence-corrected chi connectivity index (χ3v) is 6.20. The third-order valence-electron chi connectivity index (χ3n) is 5.98. The number of rotatable bonds is 5. The van der Waals surface area contributed by atoms with Crippen LogP contribution in [0.3, 0.4) is 0 Å². The van der Waals surface area contributed by atoms with Gasteiger partial charge in [0.1, 0.15) is 6.04 Å². The molecule has 1 aliphatic heterocycles. The van der Waals surface area contributed by atoms with Gasteiger partial charge in [-0.15, -0.1) is 0 Å². The molecule has 35 heavy (non-hydrogen) atoms. The number of aromatic nitrogens is 3. The molecule has 1 saturated heterocycles. The molecule has 1 atom stereocenters. The minimum atomic E-state index is -0.664. The highest BCUT2D eigenvalue weighted by molar-refractivity contribution is 6.33. The van der Waals surface area contributed by atoms with Crippen LogP contribution >= 0.6 is 11.6 Å². The van der Waals surface area contributed by atoms with Crippen molar-refractivity contribution in [1.29, 1.82) is 0 Å². The number of carbonyl (C=O) groups is 2. The van der Waals surface area contributed by atoms with Crippen molar-refractivity contribution in [1.82, 2.24) is 19.9 Å². The van der Waals surface area contributed by atoms with Gasteiger partial charge in [-0.1, -0.05) is 11.6 Å². The van der Waals surface area contributed by atoms with Crippen LogP contribution < -0.4 is 10.6 Å². The molecule has 0 spiro atoms. The number of aromatic amines is 1. The van der Waals surface area contributed by atoms with Crippen LogP contribution in [0.25, 0.3) is 21.8 Å². The molecule has 180 valence electrons. The Kier molecular flexibility index (Phi) is 6.14. The Labute approximate surface area is 206 Å². The second-order valence-corrected chi connectivity index (χ2v) is 9.63. The van der Waals surface area contributed by atoms with Crippen molar-refractivity contribution in [3.63, 3.8) is 0 Å². The van der Waals surface area contributed by atoms with E-state index in [0.29, 0.717) is 22.9 Å². The van der Waals surface area contributed by atoms with E-state index in [0.717, 1.165) is 21.8 Å². The standard InChI is InChI=1S/C25H25ClN6O3/c1-25(2)14-32(12-22(33)29-16-4-3-6-27-10-16)21(13-35-25)24(34)31-19-9-15(26)8-18-17-5-7-28-11-20(17)30-23(18)19/h3-11,21,30H,12-14H2,1-2H3,(H,29,33)(H,31,34)/t21-/m0/s1. The molecule has 0 unspecified atom stereocenters. The monoisotopic (exact) mass is 492 g/mol. The number of morpholine rings is 1. The molecule has 0 bridgehead atoms. The van der Waals surface area contributed by atoms with E-state index < -0.39 is 11.6 Å². The lowest BCUT2D eigenvalue weighted by Gasteiger charge is -2.42. The fourth-order valence-corrected chi connectivity index (χ4v) is 4.63. The number of amides is 2. The molecule has 2 amide bonds. The zero-order chi connectivity index (χ0) is 24.6. The number of pyridine rings is 2. The van der Waals surface area contributed by atoms with E-state index in [1.807, 2.05) is 30.9 Å². The average Bonchev–Trinajstić information content (AvgIpc) is 3.18. The van der Waals surface area contributed by atoms with Gasteiger partial charge in [0.2, 0.25) is 11.8 Å². The van der Waals surface area contributed by atoms with Crippen molar-refractivity contribution in [2.45, 2.75) is 25.5 Å². The lowest BCUT2D eigenvalue weighted by molar-refractivity contribution is -0.145. The highest BCUT2D eigenvalue weighted by atomic mass is 35.5. The van der Waals surface area contributed by atoms with Gasteiger partial charge < -0.3 is 20.4 Å². The highest BCUT2D eigenvalue weighted by Gasteiger charge is 2.38. The number of carbonyl (C=O) groups excluding carboxylic acids is 2. The Morgan fingerprint density at radius 1 is 1.17 bits per heavy atom. The van der Waals surface area contributed by atoms with Crippen molar-refractivity contribution < 1.29 is 14.3 Å². The molecular formula is C25H25ClN6O3. The van der Waals surface area contributed by atoms with E-state index in [1.54, 1.807) is 43.0 Å². The molecule has 1 fully saturated rings. The molecule has 0 radical (unpaired) electrons. The fraction of sp³-hybridized carbons (Fsp3) is 0.280. The number of nitrogens with one attached hydrogen (secondary N) is 3. The summed E-state index contributed by atoms with van der Waals surface area (Å²) in [5.74, 6) is -0.517. The Bertz CT molecular complexity index is 1400. The number of anilines is 2. The largest absolute Gasteiger partial charge is 0.372 e. The van der Waals surface area contributed by atoms with Gasteiger partial charge in [-0.2, -0.15) is 0 Å². The number of halogens is 1. The maximum absolute atomic E-state index is 13.5. The topological polar surface area (TPSA) is 112 Å². The Balaban J connectivity index is 1.39. The summed E-state index contributed by atoms with van der Waals surface area (Å²) in [7, 11) is 0. The number of fused-ring (bicyclic) bond motifs is 3. The van der Waals surface area contributed by atoms with Gasteiger partial charge in [-0.3, -0.25) is 24.5 Å². The summed E-state index contributed by atoms with van der Waals surface area (Å²) in [4.78, 5) is 39.5. The van der Waals surface area contributed by atoms with Crippen LogP contribution in [0.1, 0.15) is 13.8 Å². The highest BCUT2D eigenvalue weighted by Crippen LogP contribution is 2.33. The number of benzene rings is 1. The molecular weight excluding hydrogens is 468 g/mol. The normalized spacial score (nSPS) is 18.0. The first kappa shape index (κ1) is 23.2. The summed E-state index contributed by atoms with van der Waals surface area (Å²) in [5.41, 5.74) is 2.25. The maximum Gasteiger partial charge on any atom is 0.244 e. The second-order valence-electron chi connectivity index (χ2n) is 9.19. The van der Waals surface area contributed by atoms with Gasteiger partial charge >= 0.3 is 0 Å². The number of H-pyrrole nitrogens is 1. The smallest absolute Gasteiger partial charge is 0.244 e. The van der Waals surface area contributed by atoms with E-state index in [9.17, 15) is 9.59 Å². The van der Waals surface area contributed by atoms with Crippen LogP contribution in [0, 0.1) is 0 Å². The summed E-state index contributed by atoms with van der Waals surface area (Å²) < 4.78 is 5.94. The zero-order valence-electron chi connectivity index (χ0n) is 19.3. The molecule has 0 saturated carbocycles. The molecule has 9 nitrogen and oxygen atoms in total. The minimum absolute atomic E-state index is 0.0305. The molecule has 3 N–H and O–H groups in total. The Hall–Kier alpha value is -3.53. The van der Waals surface area contributed by atoms with E-state index in [1.165, 1.54) is 0 Å². The van der Waals surface area contributed by atoms with Gasteiger partial charge in [0.05, 0.1) is 53.6 Å². The molecule has 3 aromatic heterocycles. The van der Waals surface area contributed by atoms with E-state index in [2.05, 4.69) is 25.6 Å². The van der Waals surface area contributed by atoms with Gasteiger partial charge in [-0.25, -0.2) is 0 Å². The zero-order valence-corrected chi connectivity index (χ0v) is 20.1. The Morgan fingerprint density at radius 3 is 2.80 bits per heavy atom. The van der Waals surface area contributed by atoms with Crippen LogP contribution in [-0.2, 0) is 14.3 Å². The van der Waals surface area contributed by atoms with Crippen LogP contribution in [0.2, 0.25) is 5.02 Å². The van der Waals surface area contributed by atoms with Crippen molar-refractivity contribution >= 4 is 56.6 Å². The first-order chi connectivity index (χ1) is 16.8. The molecule has 5 rings (SSSR count). The number of nitrogens with zero attached hydrogens (tertiary/aromatic N) is 3. The van der Waals surface area contributed by atoms with Crippen LogP contribution in [0.15, 0.2) is 55.1 Å². The fourth-order valence-electron chi connectivity index (χ4n) is 4.42. The second kappa shape index (κ2) is 9.26. The van der Waals surface area contributed by atoms with Crippen LogP contribution in [0.4, 0.5) is 11.4 Å². The summed E-state index contributed by atoms with van der Waals surface area (Å²) in [6, 6.07) is 8.30. The van der Waals surface area contributed by atoms with Crippen molar-refractivity contribution in [2.24, 2.45) is 0 Å². The summed E-state index contributed by atoms with van der Waals surface area (Å²) >= 11 is 6.39. The predicted molar refractivity (Wildman–Crippen MR) is 135 cm³/mol. The Morgan fingerprint density at radius 2 is 2.00 bits per heavy atom. The summed E-state index contributed by atoms with van der Waals surface area (Å²) in [5, 5.41) is 8.18. The maximum atomic E-state index is 13.5. The van der Waals surface area contributed by atoms with E-state index >= 15 is 0 Å². The first-order valence-electron chi connectivity index (χ1n) is 11.2. The summed E-state index contributed by atoms with van der Waals surface area (Å²) in [6.45, 7) is 4.47. The average molecular weight is 493 g/mol. The quantitative estimate of drug-likeness (QED) is 0.390. The first-order valence-corrected chi connectivity index (χ1v) is 11.6. The molecule has 1 aliphatic rings. The molecule has 10 heteroatoms. The molecule has 0 aliphatic carbocycles. The van der Waals surface area contributed by atoms with Crippen LogP contribution in [-0.4, -0.2) is 63.0 Å². The van der Waals surface area contributed by atoms with Gasteiger partial charge in [0.15, 0.2) is 0 Å². The predicted octanol–water partition coefficient (Wildman–Crippen LogP) is 3.82. The molecule has 4 heterocycles. The van der Waals surface area contributed by atoms with Crippen LogP contribution in [0.5, 0.6) is 0 Å². The lowest BCUT2D eigenvalue weighted by Crippen LogP contribution is -2.59. The molecule has 4 aromatic rings. The summed E-state index contributed by atoms with van der Waals surface area (Å²) in [6.07, 6.45) is 6.65. The molecule has 1 aromatic carbocycles. The van der Waals surface area contributed by atoms with E-state index in [-0.39, 0.29) is 25.0 Å². The third kappa shape index (κ3) is 4.97. The van der Waals surface area contributed by atoms with Crippen molar-refractivity contribution in [3.8, 4) is 0 Å². The number of ether oxygens (including phenoxy) is 1. The SMILES string of the molecule is CC1(C)CN(CC(=O)Nc2cccnc2)[C@H](C(=O)Nc2cc(Cl)cc3c2[nH]c2cnccc23)CO1. The van der Waals surface area contributed by atoms with Crippen molar-refractivity contribution in [2.75, 3.05) is 30.3 Å². The lowest BCUT2D eigenvalue weighted by atomic mass is 10.0. The van der Waals surface area contributed by atoms with Gasteiger partial charge in [0.25, 0.3) is 0 Å². The minimum Gasteiger partial charge on any atom is -0.372 e. The van der Waals surface area contributed by atoms with Gasteiger partial charge in [0, 0.05) is 34.7 Å². The number of hydrogen-bond donors (Lipinski definition) is 3. The van der Waals surface area contributed by atoms with Crippen molar-refractivity contribution in [3.05, 3.63) is 60.1 Å². The van der Waals surface area contributed by atoms with E-state index in [4.69, 9.17) is 16.3 Å². The number of hydrogen-bond acceptors (Lipinski definition) is 6. The van der Waals surface area contributed by atoms with Gasteiger partial charge in [-0.05, 0) is 44.2 Å².